The summed E-state index contributed by atoms with van der Waals surface area (Å²) in [6.45, 7) is 1.80. The molecule has 2 amide bonds. The third kappa shape index (κ3) is 2.78. The van der Waals surface area contributed by atoms with E-state index in [0.29, 0.717) is 5.82 Å². The molecule has 0 bridgehead atoms. The van der Waals surface area contributed by atoms with Gasteiger partial charge in [0.1, 0.15) is 0 Å². The molecule has 2 N–H and O–H groups in total. The van der Waals surface area contributed by atoms with E-state index >= 15 is 0 Å². The standard InChI is InChI=1S/C16H24N4O/c21-16(17-10-12-8-14(12)11-4-3-5-11)18-15-9-13-6-1-2-7-20(13)19-15/h9,11-12,14H,1-8,10H2,(H2,17,18,19,21)/t12-,14-/m0/s1. The van der Waals surface area contributed by atoms with Gasteiger partial charge in [-0.1, -0.05) is 19.3 Å². The highest BCUT2D eigenvalue weighted by atomic mass is 16.2. The summed E-state index contributed by atoms with van der Waals surface area (Å²) >= 11 is 0. The second kappa shape index (κ2) is 5.35. The van der Waals surface area contributed by atoms with Gasteiger partial charge in [-0.25, -0.2) is 4.79 Å². The predicted molar refractivity (Wildman–Crippen MR) is 81.1 cm³/mol. The lowest BCUT2D eigenvalue weighted by molar-refractivity contribution is 0.247. The SMILES string of the molecule is O=C(NC[C@@H]1C[C@H]1C1CCC1)Nc1cc2n(n1)CCCC2. The molecular weight excluding hydrogens is 264 g/mol. The van der Waals surface area contributed by atoms with Crippen LogP contribution in [0.15, 0.2) is 6.07 Å². The molecule has 2 aliphatic carbocycles. The molecule has 0 aromatic carbocycles. The Morgan fingerprint density at radius 2 is 2.24 bits per heavy atom. The topological polar surface area (TPSA) is 59.0 Å². The molecule has 5 heteroatoms. The first-order valence-electron chi connectivity index (χ1n) is 8.41. The third-order valence-corrected chi connectivity index (χ3v) is 5.42. The van der Waals surface area contributed by atoms with Crippen molar-refractivity contribution in [3.8, 4) is 0 Å². The van der Waals surface area contributed by atoms with Crippen LogP contribution in [0.3, 0.4) is 0 Å². The fraction of sp³-hybridized carbons (Fsp3) is 0.750. The zero-order valence-corrected chi connectivity index (χ0v) is 12.5. The number of aromatic nitrogens is 2. The minimum absolute atomic E-state index is 0.107. The molecule has 0 radical (unpaired) electrons. The second-order valence-electron chi connectivity index (χ2n) is 6.89. The van der Waals surface area contributed by atoms with Crippen LogP contribution in [0.2, 0.25) is 0 Å². The van der Waals surface area contributed by atoms with Gasteiger partial charge >= 0.3 is 6.03 Å². The van der Waals surface area contributed by atoms with Gasteiger partial charge in [0.25, 0.3) is 0 Å². The molecule has 21 heavy (non-hydrogen) atoms. The first kappa shape index (κ1) is 13.2. The van der Waals surface area contributed by atoms with Crippen molar-refractivity contribution < 1.29 is 4.79 Å². The average Bonchev–Trinajstić information content (AvgIpc) is 3.03. The van der Waals surface area contributed by atoms with Gasteiger partial charge in [0.2, 0.25) is 0 Å². The van der Waals surface area contributed by atoms with E-state index in [4.69, 9.17) is 0 Å². The van der Waals surface area contributed by atoms with E-state index in [2.05, 4.69) is 15.7 Å². The van der Waals surface area contributed by atoms with Crippen LogP contribution >= 0.6 is 0 Å². The van der Waals surface area contributed by atoms with E-state index in [-0.39, 0.29) is 6.03 Å². The quantitative estimate of drug-likeness (QED) is 0.895. The lowest BCUT2D eigenvalue weighted by atomic mass is 9.81. The summed E-state index contributed by atoms with van der Waals surface area (Å²) in [4.78, 5) is 11.9. The Hall–Kier alpha value is -1.52. The Balaban J connectivity index is 1.23. The number of hydrogen-bond acceptors (Lipinski definition) is 2. The molecule has 4 rings (SSSR count). The maximum atomic E-state index is 11.9. The fourth-order valence-corrected chi connectivity index (χ4v) is 3.81. The van der Waals surface area contributed by atoms with Crippen molar-refractivity contribution in [3.63, 3.8) is 0 Å². The maximum absolute atomic E-state index is 11.9. The van der Waals surface area contributed by atoms with Crippen molar-refractivity contribution in [1.29, 1.82) is 0 Å². The van der Waals surface area contributed by atoms with Crippen molar-refractivity contribution >= 4 is 11.8 Å². The maximum Gasteiger partial charge on any atom is 0.320 e. The lowest BCUT2D eigenvalue weighted by Crippen LogP contribution is -2.31. The Labute approximate surface area is 125 Å². The van der Waals surface area contributed by atoms with Crippen LogP contribution in [0, 0.1) is 17.8 Å². The fourth-order valence-electron chi connectivity index (χ4n) is 3.81. The number of rotatable bonds is 4. The molecular formula is C16H24N4O. The second-order valence-corrected chi connectivity index (χ2v) is 6.89. The number of urea groups is 1. The minimum atomic E-state index is -0.107. The van der Waals surface area contributed by atoms with E-state index in [1.54, 1.807) is 0 Å². The van der Waals surface area contributed by atoms with Crippen LogP contribution in [-0.2, 0) is 13.0 Å². The van der Waals surface area contributed by atoms with Gasteiger partial charge < -0.3 is 5.32 Å². The van der Waals surface area contributed by atoms with Gasteiger partial charge in [0.05, 0.1) is 0 Å². The van der Waals surface area contributed by atoms with Crippen molar-refractivity contribution in [2.24, 2.45) is 17.8 Å². The van der Waals surface area contributed by atoms with E-state index in [0.717, 1.165) is 37.3 Å². The predicted octanol–water partition coefficient (Wildman–Crippen LogP) is 2.78. The Bertz CT molecular complexity index is 511. The highest BCUT2D eigenvalue weighted by Gasteiger charge is 2.44. The van der Waals surface area contributed by atoms with E-state index in [9.17, 15) is 4.79 Å². The Morgan fingerprint density at radius 3 is 3.00 bits per heavy atom. The van der Waals surface area contributed by atoms with Gasteiger partial charge in [-0.3, -0.25) is 10.00 Å². The minimum Gasteiger partial charge on any atom is -0.338 e. The molecule has 114 valence electrons. The zero-order chi connectivity index (χ0) is 14.2. The summed E-state index contributed by atoms with van der Waals surface area (Å²) in [6.07, 6.45) is 9.02. The number of nitrogens with one attached hydrogen (secondary N) is 2. The van der Waals surface area contributed by atoms with Crippen LogP contribution < -0.4 is 10.6 Å². The Kier molecular flexibility index (Phi) is 3.36. The average molecular weight is 288 g/mol. The van der Waals surface area contributed by atoms with E-state index in [1.807, 2.05) is 10.7 Å². The van der Waals surface area contributed by atoms with Gasteiger partial charge in [-0.05, 0) is 43.4 Å². The monoisotopic (exact) mass is 288 g/mol. The van der Waals surface area contributed by atoms with E-state index in [1.165, 1.54) is 44.2 Å². The van der Waals surface area contributed by atoms with Gasteiger partial charge in [0.15, 0.2) is 5.82 Å². The summed E-state index contributed by atoms with van der Waals surface area (Å²) in [5.74, 6) is 3.26. The normalized spacial score (nSPS) is 27.6. The van der Waals surface area contributed by atoms with Crippen LogP contribution in [-0.4, -0.2) is 22.4 Å². The molecule has 2 heterocycles. The lowest BCUT2D eigenvalue weighted by Gasteiger charge is -2.25. The molecule has 1 aromatic rings. The highest BCUT2D eigenvalue weighted by Crippen LogP contribution is 2.51. The molecule has 5 nitrogen and oxygen atoms in total. The number of nitrogens with zero attached hydrogens (tertiary/aromatic N) is 2. The van der Waals surface area contributed by atoms with Gasteiger partial charge in [-0.2, -0.15) is 5.10 Å². The van der Waals surface area contributed by atoms with Gasteiger partial charge in [0, 0.05) is 24.8 Å². The summed E-state index contributed by atoms with van der Waals surface area (Å²) in [5.41, 5.74) is 1.24. The molecule has 2 atom stereocenters. The number of carbonyl (C=O) groups excluding carboxylic acids is 1. The molecule has 2 fully saturated rings. The van der Waals surface area contributed by atoms with Crippen LogP contribution in [0.4, 0.5) is 10.6 Å². The number of aryl methyl sites for hydroxylation is 2. The molecule has 0 spiro atoms. The summed E-state index contributed by atoms with van der Waals surface area (Å²) in [5, 5.41) is 10.3. The molecule has 0 unspecified atom stereocenters. The van der Waals surface area contributed by atoms with Crippen molar-refractivity contribution in [1.82, 2.24) is 15.1 Å². The highest BCUT2D eigenvalue weighted by molar-refractivity contribution is 5.88. The number of hydrogen-bond donors (Lipinski definition) is 2. The van der Waals surface area contributed by atoms with Crippen LogP contribution in [0.25, 0.3) is 0 Å². The summed E-state index contributed by atoms with van der Waals surface area (Å²) < 4.78 is 2.02. The first-order valence-corrected chi connectivity index (χ1v) is 8.41. The summed E-state index contributed by atoms with van der Waals surface area (Å²) in [6, 6.07) is 1.90. The van der Waals surface area contributed by atoms with Crippen LogP contribution in [0.1, 0.15) is 44.2 Å². The number of anilines is 1. The molecule has 2 saturated carbocycles. The Morgan fingerprint density at radius 1 is 1.33 bits per heavy atom. The summed E-state index contributed by atoms with van der Waals surface area (Å²) in [7, 11) is 0. The number of carbonyl (C=O) groups is 1. The van der Waals surface area contributed by atoms with Gasteiger partial charge in [-0.15, -0.1) is 0 Å². The first-order chi connectivity index (χ1) is 10.3. The number of amides is 2. The largest absolute Gasteiger partial charge is 0.338 e. The number of fused-ring (bicyclic) bond motifs is 1. The van der Waals surface area contributed by atoms with Crippen LogP contribution in [0.5, 0.6) is 0 Å². The smallest absolute Gasteiger partial charge is 0.320 e. The molecule has 0 saturated heterocycles. The van der Waals surface area contributed by atoms with Crippen molar-refractivity contribution in [2.75, 3.05) is 11.9 Å². The molecule has 1 aliphatic heterocycles. The van der Waals surface area contributed by atoms with E-state index < -0.39 is 0 Å². The van der Waals surface area contributed by atoms with Crippen molar-refractivity contribution in [3.05, 3.63) is 11.8 Å². The van der Waals surface area contributed by atoms with Crippen molar-refractivity contribution in [2.45, 2.75) is 51.5 Å². The zero-order valence-electron chi connectivity index (χ0n) is 12.5. The third-order valence-electron chi connectivity index (χ3n) is 5.42. The molecule has 1 aromatic heterocycles. The molecule has 3 aliphatic rings.